The molecule has 2 saturated heterocycles. The van der Waals surface area contributed by atoms with E-state index in [1.165, 1.54) is 22.7 Å². The lowest BCUT2D eigenvalue weighted by Gasteiger charge is -2.21. The van der Waals surface area contributed by atoms with Gasteiger partial charge in [0.05, 0.1) is 25.9 Å². The molecule has 0 aromatic carbocycles. The highest BCUT2D eigenvalue weighted by atomic mass is 32.2. The van der Waals surface area contributed by atoms with Crippen molar-refractivity contribution in [3.8, 4) is 0 Å². The van der Waals surface area contributed by atoms with Crippen LogP contribution < -0.4 is 11.1 Å². The summed E-state index contributed by atoms with van der Waals surface area (Å²) in [5.74, 6) is 0.324. The second-order valence-corrected chi connectivity index (χ2v) is 18.5. The molecule has 4 unspecified atom stereocenters. The van der Waals surface area contributed by atoms with Gasteiger partial charge in [-0.2, -0.15) is 12.9 Å². The van der Waals surface area contributed by atoms with E-state index in [9.17, 15) is 58.3 Å². The van der Waals surface area contributed by atoms with Crippen molar-refractivity contribution in [3.63, 3.8) is 0 Å². The van der Waals surface area contributed by atoms with Crippen LogP contribution in [0.15, 0.2) is 24.1 Å². The van der Waals surface area contributed by atoms with Crippen LogP contribution in [-0.4, -0.2) is 142 Å². The second kappa shape index (κ2) is 16.2. The SMILES string of the molecule is CNc1nc(SC)nc2c1ncn2[C@@H]1O[C@H](COP(=O)(O)OP(=O)(O)OP(=O)(O)OP(=O)(O)OC[C@H]2O[C@@H](n3cnc4c(N)ncnc43)[C@H](O)[C@@H]2O)[C@@H](O)[C@H]1O. The summed E-state index contributed by atoms with van der Waals surface area (Å²) in [6.07, 6.45) is -7.83. The van der Waals surface area contributed by atoms with E-state index in [1.807, 2.05) is 0 Å². The fourth-order valence-electron chi connectivity index (χ4n) is 5.40. The number of nitrogens with two attached hydrogens (primary N) is 1. The third kappa shape index (κ3) is 9.15. The average molecular weight is 897 g/mol. The number of aromatic nitrogens is 8. The largest absolute Gasteiger partial charge is 0.490 e. The molecule has 6 heterocycles. The van der Waals surface area contributed by atoms with E-state index in [1.54, 1.807) is 13.3 Å². The third-order valence-electron chi connectivity index (χ3n) is 7.85. The molecule has 0 saturated carbocycles. The molecule has 29 nitrogen and oxygen atoms in total. The highest BCUT2D eigenvalue weighted by molar-refractivity contribution is 7.98. The number of fused-ring (bicyclic) bond motifs is 2. The number of phosphoric acid groups is 4. The van der Waals surface area contributed by atoms with Crippen LogP contribution in [0.5, 0.6) is 0 Å². The maximum atomic E-state index is 12.5. The molecule has 6 rings (SSSR count). The predicted molar refractivity (Wildman–Crippen MR) is 183 cm³/mol. The summed E-state index contributed by atoms with van der Waals surface area (Å²) in [6, 6.07) is 0. The zero-order valence-corrected chi connectivity index (χ0v) is 32.6. The van der Waals surface area contributed by atoms with Gasteiger partial charge < -0.3 is 60.5 Å². The highest BCUT2D eigenvalue weighted by Gasteiger charge is 2.50. The molecule has 12 atom stereocenters. The molecule has 0 bridgehead atoms. The fourth-order valence-corrected chi connectivity index (χ4v) is 10.7. The molecule has 0 amide bonds. The van der Waals surface area contributed by atoms with E-state index >= 15 is 0 Å². The van der Waals surface area contributed by atoms with E-state index in [2.05, 4.69) is 57.2 Å². The number of nitrogen functional groups attached to an aromatic ring is 1. The van der Waals surface area contributed by atoms with Crippen molar-refractivity contribution < 1.29 is 89.7 Å². The Morgan fingerprint density at radius 3 is 1.71 bits per heavy atom. The first-order chi connectivity index (χ1) is 26.1. The number of nitrogens with one attached hydrogen (secondary N) is 1. The minimum Gasteiger partial charge on any atom is -0.387 e. The maximum Gasteiger partial charge on any atom is 0.490 e. The minimum atomic E-state index is -6.20. The Bertz CT molecular complexity index is 2290. The fraction of sp³-hybridized carbons (Fsp3) is 0.545. The van der Waals surface area contributed by atoms with E-state index in [4.69, 9.17) is 15.2 Å². The number of anilines is 2. The Balaban J connectivity index is 1.02. The van der Waals surface area contributed by atoms with Crippen LogP contribution in [0, 0.1) is 0 Å². The maximum absolute atomic E-state index is 12.5. The van der Waals surface area contributed by atoms with Crippen LogP contribution in [0.3, 0.4) is 0 Å². The summed E-state index contributed by atoms with van der Waals surface area (Å²) in [6.45, 7) is -2.21. The summed E-state index contributed by atoms with van der Waals surface area (Å²) in [7, 11) is -22.4. The van der Waals surface area contributed by atoms with Gasteiger partial charge in [-0.3, -0.25) is 18.2 Å². The van der Waals surface area contributed by atoms with E-state index in [0.29, 0.717) is 11.0 Å². The van der Waals surface area contributed by atoms with Gasteiger partial charge in [-0.1, -0.05) is 11.8 Å². The molecule has 4 aromatic heterocycles. The van der Waals surface area contributed by atoms with Crippen LogP contribution in [0.1, 0.15) is 12.5 Å². The average Bonchev–Trinajstić information content (AvgIpc) is 3.86. The Morgan fingerprint density at radius 2 is 1.21 bits per heavy atom. The zero-order chi connectivity index (χ0) is 41.0. The van der Waals surface area contributed by atoms with E-state index in [0.717, 1.165) is 17.2 Å². The topological polar surface area (TPSA) is 420 Å². The second-order valence-electron chi connectivity index (χ2n) is 11.5. The lowest BCUT2D eigenvalue weighted by atomic mass is 10.1. The highest BCUT2D eigenvalue weighted by Crippen LogP contribution is 2.71. The standard InChI is InChI=1S/C22H32N10O19P4S/c1-24-17-11-19(30-22(29-17)56-2)32(7-28-11)21-15(36)13(34)9(48-21)4-46-53(39,40)50-55(43,44)51-54(41,42)49-52(37,38)45-3-8-12(33)14(35)20(47-8)31-6-27-10-16(23)25-5-26-18(10)31/h5-9,12-15,20-21,33-36H,3-4H2,1-2H3,(H,37,38)(H,39,40)(H,41,42)(H,43,44)(H2,23,25,26)(H,24,29,30)/t8-,9-,12-,13-,14-,15-,20-,21-/m1/s1. The molecule has 56 heavy (non-hydrogen) atoms. The van der Waals surface area contributed by atoms with Gasteiger partial charge in [0.25, 0.3) is 0 Å². The van der Waals surface area contributed by atoms with Crippen LogP contribution in [0.25, 0.3) is 22.3 Å². The summed E-state index contributed by atoms with van der Waals surface area (Å²) in [4.78, 5) is 64.4. The van der Waals surface area contributed by atoms with Crippen molar-refractivity contribution in [2.24, 2.45) is 0 Å². The monoisotopic (exact) mass is 896 g/mol. The Morgan fingerprint density at radius 1 is 0.732 bits per heavy atom. The lowest BCUT2D eigenvalue weighted by Crippen LogP contribution is -2.33. The Kier molecular flexibility index (Phi) is 12.4. The molecule has 0 radical (unpaired) electrons. The van der Waals surface area contributed by atoms with Crippen molar-refractivity contribution in [1.29, 1.82) is 0 Å². The molecule has 310 valence electrons. The third-order valence-corrected chi connectivity index (χ3v) is 14.3. The van der Waals surface area contributed by atoms with Gasteiger partial charge in [0.2, 0.25) is 0 Å². The number of phosphoric ester groups is 2. The molecule has 0 spiro atoms. The molecule has 34 heteroatoms. The predicted octanol–water partition coefficient (Wildman–Crippen LogP) is -1.27. The van der Waals surface area contributed by atoms with Crippen molar-refractivity contribution in [3.05, 3.63) is 19.0 Å². The summed E-state index contributed by atoms with van der Waals surface area (Å²) in [5, 5.41) is 45.4. The summed E-state index contributed by atoms with van der Waals surface area (Å²) < 4.78 is 84.1. The summed E-state index contributed by atoms with van der Waals surface area (Å²) >= 11 is 1.19. The molecule has 0 aliphatic carbocycles. The quantitative estimate of drug-likeness (QED) is 0.0356. The Hall–Kier alpha value is -2.63. The number of hydrogen-bond donors (Lipinski definition) is 10. The van der Waals surface area contributed by atoms with Gasteiger partial charge in [-0.05, 0) is 6.26 Å². The molecule has 2 aliphatic rings. The Labute approximate surface area is 316 Å². The van der Waals surface area contributed by atoms with Gasteiger partial charge in [0.1, 0.15) is 48.5 Å². The van der Waals surface area contributed by atoms with Crippen LogP contribution >= 0.6 is 43.1 Å². The first-order valence-electron chi connectivity index (χ1n) is 15.3. The number of rotatable bonds is 16. The number of hydrogen-bond acceptors (Lipinski definition) is 24. The van der Waals surface area contributed by atoms with Crippen molar-refractivity contribution in [2.75, 3.05) is 37.6 Å². The summed E-state index contributed by atoms with van der Waals surface area (Å²) in [5.41, 5.74) is 6.39. The zero-order valence-electron chi connectivity index (χ0n) is 28.2. The number of nitrogens with zero attached hydrogens (tertiary/aromatic N) is 8. The number of ether oxygens (including phenoxy) is 2. The van der Waals surface area contributed by atoms with Crippen LogP contribution in [-0.2, 0) is 49.7 Å². The van der Waals surface area contributed by atoms with Gasteiger partial charge >= 0.3 is 31.3 Å². The normalized spacial score (nSPS) is 29.9. The number of aliphatic hydroxyl groups is 4. The van der Waals surface area contributed by atoms with Crippen LogP contribution in [0.2, 0.25) is 0 Å². The minimum absolute atomic E-state index is 0.0126. The van der Waals surface area contributed by atoms with Gasteiger partial charge in [0, 0.05) is 7.05 Å². The van der Waals surface area contributed by atoms with Gasteiger partial charge in [0.15, 0.2) is 46.1 Å². The van der Waals surface area contributed by atoms with Crippen molar-refractivity contribution >= 4 is 77.0 Å². The molecule has 4 aromatic rings. The first-order valence-corrected chi connectivity index (χ1v) is 22.5. The molecule has 2 fully saturated rings. The first kappa shape index (κ1) is 43.0. The van der Waals surface area contributed by atoms with Crippen molar-refractivity contribution in [2.45, 2.75) is 54.2 Å². The molecular formula is C22H32N10O19P4S. The van der Waals surface area contributed by atoms with Crippen molar-refractivity contribution in [1.82, 2.24) is 39.0 Å². The molecular weight excluding hydrogens is 864 g/mol. The smallest absolute Gasteiger partial charge is 0.387 e. The number of imidazole rings is 2. The van der Waals surface area contributed by atoms with Gasteiger partial charge in [-0.25, -0.2) is 48.2 Å². The van der Waals surface area contributed by atoms with E-state index < -0.39 is 93.6 Å². The van der Waals surface area contributed by atoms with Gasteiger partial charge in [-0.15, -0.1) is 0 Å². The molecule has 2 aliphatic heterocycles. The van der Waals surface area contributed by atoms with E-state index in [-0.39, 0.29) is 28.1 Å². The molecule has 11 N–H and O–H groups in total. The number of thioether (sulfide) groups is 1. The lowest BCUT2D eigenvalue weighted by molar-refractivity contribution is -0.0505. The number of aliphatic hydroxyl groups excluding tert-OH is 4. The van der Waals surface area contributed by atoms with Crippen LogP contribution in [0.4, 0.5) is 11.6 Å².